The van der Waals surface area contributed by atoms with Crippen molar-refractivity contribution in [3.8, 4) is 0 Å². The number of halogens is 1. The Hall–Kier alpha value is -1.22. The van der Waals surface area contributed by atoms with Gasteiger partial charge in [0, 0.05) is 22.8 Å². The van der Waals surface area contributed by atoms with Crippen molar-refractivity contribution in [2.45, 2.75) is 27.2 Å². The molecule has 0 aromatic heterocycles. The average molecular weight is 255 g/mol. The molecular weight excluding hydrogens is 236 g/mol. The number of anilines is 1. The molecule has 1 amide bonds. The smallest absolute Gasteiger partial charge is 0.251 e. The highest BCUT2D eigenvalue weighted by atomic mass is 35.5. The first-order valence-electron chi connectivity index (χ1n) is 5.68. The van der Waals surface area contributed by atoms with Crippen LogP contribution in [-0.4, -0.2) is 12.5 Å². The summed E-state index contributed by atoms with van der Waals surface area (Å²) in [7, 11) is 0. The number of rotatable bonds is 4. The van der Waals surface area contributed by atoms with Gasteiger partial charge in [-0.3, -0.25) is 4.79 Å². The van der Waals surface area contributed by atoms with E-state index >= 15 is 0 Å². The van der Waals surface area contributed by atoms with Crippen LogP contribution in [0.3, 0.4) is 0 Å². The molecule has 0 spiro atoms. The maximum absolute atomic E-state index is 11.9. The Kier molecular flexibility index (Phi) is 4.40. The minimum atomic E-state index is -0.138. The number of nitrogen functional groups attached to an aromatic ring is 1. The fraction of sp³-hybridized carbons (Fsp3) is 0.462. The third-order valence-electron chi connectivity index (χ3n) is 2.87. The molecule has 17 heavy (non-hydrogen) atoms. The first kappa shape index (κ1) is 13.8. The molecule has 1 aromatic rings. The molecule has 0 aliphatic carbocycles. The Morgan fingerprint density at radius 2 is 2.06 bits per heavy atom. The van der Waals surface area contributed by atoms with Crippen molar-refractivity contribution in [1.29, 1.82) is 0 Å². The Morgan fingerprint density at radius 3 is 2.59 bits per heavy atom. The first-order valence-corrected chi connectivity index (χ1v) is 6.06. The maximum atomic E-state index is 11.9. The van der Waals surface area contributed by atoms with Crippen LogP contribution in [0.1, 0.15) is 37.6 Å². The topological polar surface area (TPSA) is 55.1 Å². The Bertz CT molecular complexity index is 396. The standard InChI is InChI=1S/C13H19ClN2O/c1-4-13(2,3)8-16-12(17)9-5-10(14)7-11(15)6-9/h5-7H,4,8,15H2,1-3H3,(H,16,17). The zero-order valence-electron chi connectivity index (χ0n) is 10.5. The minimum Gasteiger partial charge on any atom is -0.399 e. The van der Waals surface area contributed by atoms with E-state index in [-0.39, 0.29) is 11.3 Å². The zero-order chi connectivity index (χ0) is 13.1. The fourth-order valence-electron chi connectivity index (χ4n) is 1.29. The van der Waals surface area contributed by atoms with Gasteiger partial charge in [0.15, 0.2) is 0 Å². The van der Waals surface area contributed by atoms with Crippen LogP contribution in [0.15, 0.2) is 18.2 Å². The van der Waals surface area contributed by atoms with Gasteiger partial charge in [-0.05, 0) is 30.0 Å². The molecule has 94 valence electrons. The summed E-state index contributed by atoms with van der Waals surface area (Å²) in [5.74, 6) is -0.138. The number of hydrogen-bond donors (Lipinski definition) is 2. The molecular formula is C13H19ClN2O. The van der Waals surface area contributed by atoms with Crippen LogP contribution < -0.4 is 11.1 Å². The van der Waals surface area contributed by atoms with E-state index in [0.29, 0.717) is 22.8 Å². The van der Waals surface area contributed by atoms with Gasteiger partial charge in [-0.1, -0.05) is 32.4 Å². The summed E-state index contributed by atoms with van der Waals surface area (Å²) < 4.78 is 0. The third kappa shape index (κ3) is 4.27. The summed E-state index contributed by atoms with van der Waals surface area (Å²) in [6.45, 7) is 6.96. The van der Waals surface area contributed by atoms with Crippen LogP contribution in [0, 0.1) is 5.41 Å². The highest BCUT2D eigenvalue weighted by molar-refractivity contribution is 6.31. The van der Waals surface area contributed by atoms with E-state index in [0.717, 1.165) is 6.42 Å². The normalized spacial score (nSPS) is 11.3. The lowest BCUT2D eigenvalue weighted by Gasteiger charge is -2.22. The molecule has 0 radical (unpaired) electrons. The van der Waals surface area contributed by atoms with Crippen molar-refractivity contribution < 1.29 is 4.79 Å². The number of carbonyl (C=O) groups excluding carboxylic acids is 1. The molecule has 3 N–H and O–H groups in total. The van der Waals surface area contributed by atoms with Crippen LogP contribution in [-0.2, 0) is 0 Å². The fourth-order valence-corrected chi connectivity index (χ4v) is 1.53. The van der Waals surface area contributed by atoms with E-state index in [1.54, 1.807) is 18.2 Å². The lowest BCUT2D eigenvalue weighted by molar-refractivity contribution is 0.0936. The van der Waals surface area contributed by atoms with Crippen molar-refractivity contribution in [1.82, 2.24) is 5.32 Å². The summed E-state index contributed by atoms with van der Waals surface area (Å²) in [4.78, 5) is 11.9. The second-order valence-electron chi connectivity index (χ2n) is 4.97. The SMILES string of the molecule is CCC(C)(C)CNC(=O)c1cc(N)cc(Cl)c1. The summed E-state index contributed by atoms with van der Waals surface area (Å²) >= 11 is 5.85. The number of amides is 1. The highest BCUT2D eigenvalue weighted by Crippen LogP contribution is 2.19. The molecule has 0 aliphatic heterocycles. The van der Waals surface area contributed by atoms with Crippen molar-refractivity contribution in [2.24, 2.45) is 5.41 Å². The van der Waals surface area contributed by atoms with Crippen LogP contribution in [0.4, 0.5) is 5.69 Å². The molecule has 0 saturated carbocycles. The van der Waals surface area contributed by atoms with Crippen molar-refractivity contribution in [2.75, 3.05) is 12.3 Å². The van der Waals surface area contributed by atoms with Gasteiger partial charge in [-0.25, -0.2) is 0 Å². The molecule has 1 rings (SSSR count). The predicted molar refractivity (Wildman–Crippen MR) is 72.3 cm³/mol. The molecule has 0 atom stereocenters. The molecule has 0 bridgehead atoms. The molecule has 0 aliphatic rings. The van der Waals surface area contributed by atoms with Gasteiger partial charge in [0.1, 0.15) is 0 Å². The summed E-state index contributed by atoms with van der Waals surface area (Å²) in [6, 6.07) is 4.86. The molecule has 0 unspecified atom stereocenters. The number of benzene rings is 1. The van der Waals surface area contributed by atoms with E-state index < -0.39 is 0 Å². The van der Waals surface area contributed by atoms with Crippen molar-refractivity contribution >= 4 is 23.2 Å². The van der Waals surface area contributed by atoms with Crippen molar-refractivity contribution in [3.63, 3.8) is 0 Å². The van der Waals surface area contributed by atoms with Gasteiger partial charge in [0.25, 0.3) is 5.91 Å². The van der Waals surface area contributed by atoms with E-state index in [9.17, 15) is 4.79 Å². The average Bonchev–Trinajstić information content (AvgIpc) is 2.24. The van der Waals surface area contributed by atoms with E-state index in [2.05, 4.69) is 26.1 Å². The van der Waals surface area contributed by atoms with E-state index in [4.69, 9.17) is 17.3 Å². The Labute approximate surface area is 107 Å². The van der Waals surface area contributed by atoms with Crippen LogP contribution in [0.2, 0.25) is 5.02 Å². The van der Waals surface area contributed by atoms with Gasteiger partial charge < -0.3 is 11.1 Å². The van der Waals surface area contributed by atoms with Gasteiger partial charge >= 0.3 is 0 Å². The quantitative estimate of drug-likeness (QED) is 0.812. The molecule has 3 nitrogen and oxygen atoms in total. The monoisotopic (exact) mass is 254 g/mol. The third-order valence-corrected chi connectivity index (χ3v) is 3.09. The second kappa shape index (κ2) is 5.41. The van der Waals surface area contributed by atoms with Crippen LogP contribution >= 0.6 is 11.6 Å². The van der Waals surface area contributed by atoms with E-state index in [1.807, 2.05) is 0 Å². The largest absolute Gasteiger partial charge is 0.399 e. The molecule has 0 heterocycles. The van der Waals surface area contributed by atoms with Crippen LogP contribution in [0.25, 0.3) is 0 Å². The number of hydrogen-bond acceptors (Lipinski definition) is 2. The maximum Gasteiger partial charge on any atom is 0.251 e. The van der Waals surface area contributed by atoms with E-state index in [1.165, 1.54) is 0 Å². The zero-order valence-corrected chi connectivity index (χ0v) is 11.3. The minimum absolute atomic E-state index is 0.0970. The van der Waals surface area contributed by atoms with Crippen molar-refractivity contribution in [3.05, 3.63) is 28.8 Å². The Morgan fingerprint density at radius 1 is 1.41 bits per heavy atom. The number of carbonyl (C=O) groups is 1. The first-order chi connectivity index (χ1) is 7.84. The predicted octanol–water partition coefficient (Wildman–Crippen LogP) is 3.09. The van der Waals surface area contributed by atoms with Crippen LogP contribution in [0.5, 0.6) is 0 Å². The van der Waals surface area contributed by atoms with Gasteiger partial charge in [0.05, 0.1) is 0 Å². The van der Waals surface area contributed by atoms with Gasteiger partial charge in [-0.2, -0.15) is 0 Å². The molecule has 1 aromatic carbocycles. The lowest BCUT2D eigenvalue weighted by Crippen LogP contribution is -2.33. The Balaban J connectivity index is 2.70. The summed E-state index contributed by atoms with van der Waals surface area (Å²) in [5, 5.41) is 3.37. The molecule has 0 fully saturated rings. The number of nitrogens with one attached hydrogen (secondary N) is 1. The second-order valence-corrected chi connectivity index (χ2v) is 5.41. The van der Waals surface area contributed by atoms with Gasteiger partial charge in [0.2, 0.25) is 0 Å². The highest BCUT2D eigenvalue weighted by Gasteiger charge is 2.17. The number of nitrogens with two attached hydrogens (primary N) is 1. The summed E-state index contributed by atoms with van der Waals surface area (Å²) in [6.07, 6.45) is 1.00. The van der Waals surface area contributed by atoms with Gasteiger partial charge in [-0.15, -0.1) is 0 Å². The lowest BCUT2D eigenvalue weighted by atomic mass is 9.90. The molecule has 0 saturated heterocycles. The summed E-state index contributed by atoms with van der Waals surface area (Å²) in [5.41, 5.74) is 6.74. The molecule has 4 heteroatoms.